The molecule has 26 heavy (non-hydrogen) atoms. The van der Waals surface area contributed by atoms with E-state index in [0.29, 0.717) is 21.6 Å². The third-order valence-electron chi connectivity index (χ3n) is 3.73. The van der Waals surface area contributed by atoms with E-state index in [0.717, 1.165) is 12.1 Å². The van der Waals surface area contributed by atoms with Crippen LogP contribution in [0.3, 0.4) is 0 Å². The van der Waals surface area contributed by atoms with Crippen LogP contribution in [0.4, 0.5) is 14.5 Å². The largest absolute Gasteiger partial charge is 0.449 e. The summed E-state index contributed by atoms with van der Waals surface area (Å²) in [7, 11) is 0. The van der Waals surface area contributed by atoms with Gasteiger partial charge in [-0.15, -0.1) is 0 Å². The minimum atomic E-state index is -1.08. The first-order chi connectivity index (χ1) is 12.4. The zero-order chi connectivity index (χ0) is 18.8. The zero-order valence-electron chi connectivity index (χ0n) is 13.5. The fourth-order valence-electron chi connectivity index (χ4n) is 2.45. The topological polar surface area (TPSA) is 71.3 Å². The van der Waals surface area contributed by atoms with Crippen molar-refractivity contribution in [1.29, 1.82) is 0 Å². The van der Waals surface area contributed by atoms with E-state index < -0.39 is 23.4 Å². The molecular weight excluding hydrogens is 366 g/mol. The molecule has 0 aliphatic heterocycles. The van der Waals surface area contributed by atoms with Gasteiger partial charge in [0.25, 0.3) is 5.91 Å². The number of fused-ring (bicyclic) bond motifs is 1. The minimum absolute atomic E-state index is 0.0497. The Kier molecular flexibility index (Phi) is 4.90. The summed E-state index contributed by atoms with van der Waals surface area (Å²) >= 11 is 6.04. The number of furan rings is 1. The fraction of sp³-hybridized carbons (Fsp3) is 0.111. The summed E-state index contributed by atoms with van der Waals surface area (Å²) in [6, 6.07) is 8.11. The van der Waals surface area contributed by atoms with E-state index in [1.807, 2.05) is 0 Å². The van der Waals surface area contributed by atoms with Crippen LogP contribution in [-0.2, 0) is 4.79 Å². The Morgan fingerprint density at radius 3 is 2.62 bits per heavy atom. The van der Waals surface area contributed by atoms with Gasteiger partial charge in [0, 0.05) is 22.7 Å². The van der Waals surface area contributed by atoms with Crippen LogP contribution in [0.5, 0.6) is 0 Å². The van der Waals surface area contributed by atoms with Crippen LogP contribution in [0, 0.1) is 18.6 Å². The molecule has 0 atom stereocenters. The lowest BCUT2D eigenvalue weighted by molar-refractivity contribution is -0.115. The van der Waals surface area contributed by atoms with Gasteiger partial charge in [-0.3, -0.25) is 9.59 Å². The van der Waals surface area contributed by atoms with Gasteiger partial charge in [0.1, 0.15) is 0 Å². The van der Waals surface area contributed by atoms with Crippen molar-refractivity contribution in [3.8, 4) is 0 Å². The molecule has 0 aliphatic carbocycles. The number of benzene rings is 2. The lowest BCUT2D eigenvalue weighted by Crippen LogP contribution is -2.33. The van der Waals surface area contributed by atoms with E-state index in [-0.39, 0.29) is 18.0 Å². The molecule has 0 bridgehead atoms. The van der Waals surface area contributed by atoms with Gasteiger partial charge in [-0.05, 0) is 25.1 Å². The minimum Gasteiger partial charge on any atom is -0.449 e. The van der Waals surface area contributed by atoms with Crippen LogP contribution in [0.25, 0.3) is 11.0 Å². The molecule has 8 heteroatoms. The van der Waals surface area contributed by atoms with Crippen LogP contribution in [0.1, 0.15) is 16.1 Å². The lowest BCUT2D eigenvalue weighted by atomic mass is 10.1. The van der Waals surface area contributed by atoms with Crippen molar-refractivity contribution < 1.29 is 22.8 Å². The number of carbonyl (C=O) groups is 2. The van der Waals surface area contributed by atoms with Crippen molar-refractivity contribution >= 4 is 40.1 Å². The lowest BCUT2D eigenvalue weighted by Gasteiger charge is -2.06. The highest BCUT2D eigenvalue weighted by Gasteiger charge is 2.19. The molecule has 0 unspecified atom stereocenters. The number of aryl methyl sites for hydroxylation is 1. The quantitative estimate of drug-likeness (QED) is 0.719. The molecule has 3 aromatic rings. The fourth-order valence-corrected chi connectivity index (χ4v) is 2.66. The monoisotopic (exact) mass is 378 g/mol. The molecule has 2 aromatic carbocycles. The first kappa shape index (κ1) is 17.9. The number of amides is 2. The summed E-state index contributed by atoms with van der Waals surface area (Å²) in [6.07, 6.45) is 0. The second-order valence-corrected chi connectivity index (χ2v) is 5.94. The van der Waals surface area contributed by atoms with Gasteiger partial charge in [0.2, 0.25) is 5.91 Å². The van der Waals surface area contributed by atoms with E-state index in [2.05, 4.69) is 10.6 Å². The summed E-state index contributed by atoms with van der Waals surface area (Å²) in [5.74, 6) is -3.24. The number of carbonyl (C=O) groups excluding carboxylic acids is 2. The number of rotatable bonds is 4. The van der Waals surface area contributed by atoms with E-state index in [1.54, 1.807) is 25.1 Å². The summed E-state index contributed by atoms with van der Waals surface area (Å²) in [5.41, 5.74) is 1.07. The molecule has 5 nitrogen and oxygen atoms in total. The number of anilines is 1. The van der Waals surface area contributed by atoms with E-state index in [4.69, 9.17) is 16.0 Å². The Morgan fingerprint density at radius 1 is 1.15 bits per heavy atom. The second-order valence-electron chi connectivity index (χ2n) is 5.53. The molecule has 0 aliphatic rings. The Morgan fingerprint density at radius 2 is 1.92 bits per heavy atom. The molecule has 2 N–H and O–H groups in total. The van der Waals surface area contributed by atoms with Crippen molar-refractivity contribution in [3.05, 3.63) is 64.4 Å². The smallest absolute Gasteiger partial charge is 0.287 e. The average molecular weight is 379 g/mol. The van der Waals surface area contributed by atoms with E-state index >= 15 is 0 Å². The third-order valence-corrected chi connectivity index (χ3v) is 4.03. The van der Waals surface area contributed by atoms with Crippen molar-refractivity contribution in [2.45, 2.75) is 6.92 Å². The highest BCUT2D eigenvalue weighted by atomic mass is 35.5. The van der Waals surface area contributed by atoms with Crippen LogP contribution in [0.2, 0.25) is 5.02 Å². The van der Waals surface area contributed by atoms with Crippen LogP contribution >= 0.6 is 11.6 Å². The Bertz CT molecular complexity index is 1020. The Labute approximate surface area is 151 Å². The molecule has 0 spiro atoms. The predicted octanol–water partition coefficient (Wildman–Crippen LogP) is 4.04. The average Bonchev–Trinajstić information content (AvgIpc) is 2.95. The van der Waals surface area contributed by atoms with Gasteiger partial charge in [-0.2, -0.15) is 0 Å². The number of nitrogens with one attached hydrogen (secondary N) is 2. The summed E-state index contributed by atoms with van der Waals surface area (Å²) < 4.78 is 31.5. The van der Waals surface area contributed by atoms with Crippen LogP contribution in [-0.4, -0.2) is 18.4 Å². The maximum absolute atomic E-state index is 13.1. The number of hydrogen-bond donors (Lipinski definition) is 2. The van der Waals surface area contributed by atoms with Gasteiger partial charge in [-0.1, -0.05) is 23.7 Å². The van der Waals surface area contributed by atoms with Gasteiger partial charge in [-0.25, -0.2) is 8.78 Å². The molecule has 0 fully saturated rings. The van der Waals surface area contributed by atoms with E-state index in [1.165, 1.54) is 6.07 Å². The highest BCUT2D eigenvalue weighted by molar-refractivity contribution is 6.35. The van der Waals surface area contributed by atoms with Crippen LogP contribution in [0.15, 0.2) is 40.8 Å². The molecule has 1 aromatic heterocycles. The molecular formula is C18H13ClF2N2O3. The molecule has 1 heterocycles. The molecule has 134 valence electrons. The first-order valence-corrected chi connectivity index (χ1v) is 7.95. The molecule has 0 saturated heterocycles. The number of para-hydroxylation sites is 1. The Hall–Kier alpha value is -2.93. The second kappa shape index (κ2) is 7.13. The first-order valence-electron chi connectivity index (χ1n) is 7.57. The number of halogens is 3. The van der Waals surface area contributed by atoms with Gasteiger partial charge >= 0.3 is 0 Å². The summed E-state index contributed by atoms with van der Waals surface area (Å²) in [5, 5.41) is 5.84. The van der Waals surface area contributed by atoms with Crippen LogP contribution < -0.4 is 10.6 Å². The summed E-state index contributed by atoms with van der Waals surface area (Å²) in [6.45, 7) is 1.33. The molecule has 3 rings (SSSR count). The van der Waals surface area contributed by atoms with Gasteiger partial charge < -0.3 is 15.1 Å². The van der Waals surface area contributed by atoms with Crippen molar-refractivity contribution in [2.75, 3.05) is 11.9 Å². The maximum Gasteiger partial charge on any atom is 0.287 e. The van der Waals surface area contributed by atoms with Crippen molar-refractivity contribution in [3.63, 3.8) is 0 Å². The normalized spacial score (nSPS) is 10.8. The Balaban J connectivity index is 1.67. The molecule has 0 saturated carbocycles. The van der Waals surface area contributed by atoms with Crippen molar-refractivity contribution in [2.24, 2.45) is 0 Å². The van der Waals surface area contributed by atoms with Crippen molar-refractivity contribution in [1.82, 2.24) is 5.32 Å². The molecule has 0 radical (unpaired) electrons. The zero-order valence-corrected chi connectivity index (χ0v) is 14.3. The number of hydrogen-bond acceptors (Lipinski definition) is 3. The van der Waals surface area contributed by atoms with Gasteiger partial charge in [0.05, 0.1) is 11.6 Å². The standard InChI is InChI=1S/C18H13ClF2N2O3/c1-9-11-3-2-4-12(19)17(11)26-16(9)18(25)22-8-15(24)23-10-5-6-13(20)14(21)7-10/h2-7H,8H2,1H3,(H,22,25)(H,23,24). The highest BCUT2D eigenvalue weighted by Crippen LogP contribution is 2.30. The van der Waals surface area contributed by atoms with Gasteiger partial charge in [0.15, 0.2) is 23.0 Å². The molecule has 2 amide bonds. The SMILES string of the molecule is Cc1c(C(=O)NCC(=O)Nc2ccc(F)c(F)c2)oc2c(Cl)cccc12. The third kappa shape index (κ3) is 3.52. The summed E-state index contributed by atoms with van der Waals surface area (Å²) in [4.78, 5) is 24.1. The predicted molar refractivity (Wildman–Crippen MR) is 93.3 cm³/mol. The van der Waals surface area contributed by atoms with E-state index in [9.17, 15) is 18.4 Å². The maximum atomic E-state index is 13.1.